The molecule has 2 atom stereocenters. The molecule has 2 unspecified atom stereocenters. The van der Waals surface area contributed by atoms with Crippen molar-refractivity contribution in [1.82, 2.24) is 0 Å². The van der Waals surface area contributed by atoms with E-state index in [1.165, 1.54) is 12.0 Å². The number of carbonyl (C=O) groups excluding carboxylic acids is 3. The maximum absolute atomic E-state index is 12.8. The van der Waals surface area contributed by atoms with E-state index in [9.17, 15) is 19.5 Å². The number of aliphatic hydroxyl groups excluding tert-OH is 1. The Kier molecular flexibility index (Phi) is 6.56. The van der Waals surface area contributed by atoms with Crippen LogP contribution in [0.4, 0.5) is 5.69 Å². The lowest BCUT2D eigenvalue weighted by molar-refractivity contribution is -0.177. The van der Waals surface area contributed by atoms with Gasteiger partial charge in [0.25, 0.3) is 5.91 Å². The van der Waals surface area contributed by atoms with Gasteiger partial charge in [-0.2, -0.15) is 0 Å². The molecule has 0 aliphatic carbocycles. The van der Waals surface area contributed by atoms with Crippen LogP contribution in [0.5, 0.6) is 0 Å². The SMILES string of the molecule is COC(=O)Cc1cccc(N2CCOC(C(O)C(=O)OC(C)(C)C)C2=O)c1. The number of hydrogen-bond acceptors (Lipinski definition) is 7. The number of carbonyl (C=O) groups is 3. The van der Waals surface area contributed by atoms with Gasteiger partial charge in [0.2, 0.25) is 0 Å². The number of amides is 1. The average Bonchev–Trinajstić information content (AvgIpc) is 2.60. The van der Waals surface area contributed by atoms with Crippen molar-refractivity contribution in [3.63, 3.8) is 0 Å². The highest BCUT2D eigenvalue weighted by molar-refractivity contribution is 6.00. The third-order valence-corrected chi connectivity index (χ3v) is 3.86. The highest BCUT2D eigenvalue weighted by Crippen LogP contribution is 2.23. The average molecular weight is 379 g/mol. The summed E-state index contributed by atoms with van der Waals surface area (Å²) in [6, 6.07) is 6.87. The molecule has 1 aliphatic heterocycles. The molecule has 1 aliphatic rings. The zero-order valence-corrected chi connectivity index (χ0v) is 15.9. The molecule has 1 saturated heterocycles. The maximum atomic E-state index is 12.8. The van der Waals surface area contributed by atoms with Crippen molar-refractivity contribution >= 4 is 23.5 Å². The number of methoxy groups -OCH3 is 1. The van der Waals surface area contributed by atoms with E-state index < -0.39 is 35.7 Å². The Balaban J connectivity index is 2.15. The molecule has 8 heteroatoms. The fourth-order valence-corrected chi connectivity index (χ4v) is 2.65. The van der Waals surface area contributed by atoms with Crippen molar-refractivity contribution in [2.45, 2.75) is 45.0 Å². The Morgan fingerprint density at radius 2 is 2.07 bits per heavy atom. The lowest BCUT2D eigenvalue weighted by atomic mass is 10.1. The minimum absolute atomic E-state index is 0.0762. The number of aliphatic hydroxyl groups is 1. The van der Waals surface area contributed by atoms with E-state index >= 15 is 0 Å². The van der Waals surface area contributed by atoms with Crippen LogP contribution in [-0.2, 0) is 35.0 Å². The zero-order valence-electron chi connectivity index (χ0n) is 15.9. The van der Waals surface area contributed by atoms with Crippen molar-refractivity contribution < 1.29 is 33.7 Å². The van der Waals surface area contributed by atoms with Crippen LogP contribution in [0.15, 0.2) is 24.3 Å². The van der Waals surface area contributed by atoms with Crippen LogP contribution in [-0.4, -0.2) is 61.0 Å². The Labute approximate surface area is 158 Å². The van der Waals surface area contributed by atoms with Crippen molar-refractivity contribution in [2.24, 2.45) is 0 Å². The predicted molar refractivity (Wildman–Crippen MR) is 96.1 cm³/mol. The maximum Gasteiger partial charge on any atom is 0.338 e. The lowest BCUT2D eigenvalue weighted by Crippen LogP contribution is -2.55. The van der Waals surface area contributed by atoms with Gasteiger partial charge < -0.3 is 24.2 Å². The standard InChI is InChI=1S/C19H25NO7/c1-19(2,3)27-18(24)15(22)16-17(23)20(8-9-26-16)13-7-5-6-12(10-13)11-14(21)25-4/h5-7,10,15-16,22H,8-9,11H2,1-4H3. The number of morpholine rings is 1. The fraction of sp³-hybridized carbons (Fsp3) is 0.526. The van der Waals surface area contributed by atoms with Crippen molar-refractivity contribution in [1.29, 1.82) is 0 Å². The molecule has 0 spiro atoms. The largest absolute Gasteiger partial charge is 0.469 e. The summed E-state index contributed by atoms with van der Waals surface area (Å²) in [7, 11) is 1.31. The molecule has 0 saturated carbocycles. The minimum Gasteiger partial charge on any atom is -0.469 e. The van der Waals surface area contributed by atoms with Gasteiger partial charge in [0.15, 0.2) is 12.2 Å². The van der Waals surface area contributed by atoms with Crippen LogP contribution in [0.1, 0.15) is 26.3 Å². The van der Waals surface area contributed by atoms with E-state index in [4.69, 9.17) is 9.47 Å². The zero-order chi connectivity index (χ0) is 20.2. The summed E-state index contributed by atoms with van der Waals surface area (Å²) >= 11 is 0. The first-order chi connectivity index (χ1) is 12.6. The molecular formula is C19H25NO7. The first-order valence-electron chi connectivity index (χ1n) is 8.62. The Hall–Kier alpha value is -2.45. The Morgan fingerprint density at radius 1 is 1.37 bits per heavy atom. The van der Waals surface area contributed by atoms with Crippen molar-refractivity contribution in [3.05, 3.63) is 29.8 Å². The fourth-order valence-electron chi connectivity index (χ4n) is 2.65. The van der Waals surface area contributed by atoms with Gasteiger partial charge in [-0.1, -0.05) is 12.1 Å². The molecule has 0 bridgehead atoms. The van der Waals surface area contributed by atoms with E-state index in [1.807, 2.05) is 0 Å². The summed E-state index contributed by atoms with van der Waals surface area (Å²) in [4.78, 5) is 37.7. The van der Waals surface area contributed by atoms with Gasteiger partial charge in [-0.05, 0) is 38.5 Å². The molecule has 1 N–H and O–H groups in total. The molecule has 2 rings (SSSR count). The van der Waals surface area contributed by atoms with E-state index in [2.05, 4.69) is 4.74 Å². The van der Waals surface area contributed by atoms with Gasteiger partial charge in [0.1, 0.15) is 5.60 Å². The van der Waals surface area contributed by atoms with Crippen LogP contribution in [0, 0.1) is 0 Å². The highest BCUT2D eigenvalue weighted by atomic mass is 16.6. The number of rotatable bonds is 5. The first-order valence-corrected chi connectivity index (χ1v) is 8.62. The monoisotopic (exact) mass is 379 g/mol. The second kappa shape index (κ2) is 8.49. The molecule has 148 valence electrons. The summed E-state index contributed by atoms with van der Waals surface area (Å²) in [6.07, 6.45) is -3.00. The Bertz CT molecular complexity index is 710. The molecule has 1 amide bonds. The third-order valence-electron chi connectivity index (χ3n) is 3.86. The van der Waals surface area contributed by atoms with Crippen LogP contribution in [0.25, 0.3) is 0 Å². The van der Waals surface area contributed by atoms with Crippen LogP contribution in [0.2, 0.25) is 0 Å². The molecular weight excluding hydrogens is 354 g/mol. The molecule has 27 heavy (non-hydrogen) atoms. The van der Waals surface area contributed by atoms with Crippen LogP contribution < -0.4 is 4.90 Å². The minimum atomic E-state index is -1.72. The summed E-state index contributed by atoms with van der Waals surface area (Å²) in [5, 5.41) is 10.2. The van der Waals surface area contributed by atoms with Crippen molar-refractivity contribution in [3.8, 4) is 0 Å². The normalized spacial score (nSPS) is 18.8. The summed E-state index contributed by atoms with van der Waals surface area (Å²) < 4.78 is 15.1. The number of hydrogen-bond donors (Lipinski definition) is 1. The van der Waals surface area contributed by atoms with Gasteiger partial charge in [-0.15, -0.1) is 0 Å². The molecule has 0 aromatic heterocycles. The number of benzene rings is 1. The molecule has 1 fully saturated rings. The second-order valence-corrected chi connectivity index (χ2v) is 7.18. The van der Waals surface area contributed by atoms with E-state index in [0.717, 1.165) is 0 Å². The quantitative estimate of drug-likeness (QED) is 0.756. The highest BCUT2D eigenvalue weighted by Gasteiger charge is 2.41. The second-order valence-electron chi connectivity index (χ2n) is 7.18. The van der Waals surface area contributed by atoms with Crippen LogP contribution >= 0.6 is 0 Å². The summed E-state index contributed by atoms with van der Waals surface area (Å²) in [6.45, 7) is 5.41. The predicted octanol–water partition coefficient (Wildman–Crippen LogP) is 0.836. The smallest absolute Gasteiger partial charge is 0.338 e. The lowest BCUT2D eigenvalue weighted by Gasteiger charge is -2.34. The molecule has 1 aromatic carbocycles. The van der Waals surface area contributed by atoms with E-state index in [-0.39, 0.29) is 19.6 Å². The van der Waals surface area contributed by atoms with Gasteiger partial charge in [-0.3, -0.25) is 9.59 Å². The van der Waals surface area contributed by atoms with Gasteiger partial charge in [0.05, 0.1) is 20.1 Å². The van der Waals surface area contributed by atoms with Crippen LogP contribution in [0.3, 0.4) is 0 Å². The van der Waals surface area contributed by atoms with E-state index in [1.54, 1.807) is 45.0 Å². The topological polar surface area (TPSA) is 102 Å². The van der Waals surface area contributed by atoms with Gasteiger partial charge in [-0.25, -0.2) is 4.79 Å². The first kappa shape index (κ1) is 20.9. The summed E-state index contributed by atoms with van der Waals surface area (Å²) in [5.74, 6) is -1.85. The number of esters is 2. The Morgan fingerprint density at radius 3 is 2.70 bits per heavy atom. The molecule has 1 heterocycles. The number of nitrogens with zero attached hydrogens (tertiary/aromatic N) is 1. The van der Waals surface area contributed by atoms with E-state index in [0.29, 0.717) is 11.3 Å². The number of anilines is 1. The third kappa shape index (κ3) is 5.51. The number of ether oxygens (including phenoxy) is 3. The molecule has 0 radical (unpaired) electrons. The molecule has 8 nitrogen and oxygen atoms in total. The molecule has 1 aromatic rings. The van der Waals surface area contributed by atoms with Gasteiger partial charge in [0, 0.05) is 12.2 Å². The van der Waals surface area contributed by atoms with Crippen molar-refractivity contribution in [2.75, 3.05) is 25.2 Å². The van der Waals surface area contributed by atoms with Gasteiger partial charge >= 0.3 is 11.9 Å². The summed E-state index contributed by atoms with van der Waals surface area (Å²) in [5.41, 5.74) is 0.437.